The Labute approximate surface area is 178 Å². The Hall–Kier alpha value is -2.93. The topological polar surface area (TPSA) is 77.6 Å². The summed E-state index contributed by atoms with van der Waals surface area (Å²) in [5, 5.41) is 5.43. The Morgan fingerprint density at radius 3 is 2.23 bits per heavy atom. The lowest BCUT2D eigenvalue weighted by atomic mass is 9.87. The number of piperazine rings is 1. The number of carbonyl (C=O) groups is 2. The van der Waals surface area contributed by atoms with Gasteiger partial charge in [0.05, 0.1) is 18.4 Å². The van der Waals surface area contributed by atoms with Gasteiger partial charge in [-0.15, -0.1) is 0 Å². The van der Waals surface area contributed by atoms with Gasteiger partial charge >= 0.3 is 0 Å². The maximum atomic E-state index is 12.3. The zero-order valence-corrected chi connectivity index (χ0v) is 18.2. The molecular formula is C23H31N5O2. The maximum Gasteiger partial charge on any atom is 0.251 e. The summed E-state index contributed by atoms with van der Waals surface area (Å²) >= 11 is 0. The average molecular weight is 410 g/mol. The molecule has 7 heteroatoms. The molecule has 2 heterocycles. The average Bonchev–Trinajstić information content (AvgIpc) is 2.73. The Bertz CT molecular complexity index is 864. The van der Waals surface area contributed by atoms with E-state index >= 15 is 0 Å². The molecule has 160 valence electrons. The Balaban J connectivity index is 1.48. The van der Waals surface area contributed by atoms with Crippen molar-refractivity contribution in [3.63, 3.8) is 0 Å². The van der Waals surface area contributed by atoms with Crippen molar-refractivity contribution in [2.24, 2.45) is 0 Å². The normalized spacial score (nSPS) is 15.0. The molecule has 2 aromatic rings. The van der Waals surface area contributed by atoms with E-state index in [1.165, 1.54) is 0 Å². The third-order valence-electron chi connectivity index (χ3n) is 5.28. The van der Waals surface area contributed by atoms with Crippen molar-refractivity contribution in [3.05, 3.63) is 53.7 Å². The number of rotatable bonds is 5. The van der Waals surface area contributed by atoms with Gasteiger partial charge in [0.1, 0.15) is 5.82 Å². The van der Waals surface area contributed by atoms with Gasteiger partial charge in [-0.3, -0.25) is 9.59 Å². The predicted octanol–water partition coefficient (Wildman–Crippen LogP) is 2.50. The van der Waals surface area contributed by atoms with Crippen LogP contribution >= 0.6 is 0 Å². The number of pyridine rings is 1. The monoisotopic (exact) mass is 409 g/mol. The van der Waals surface area contributed by atoms with E-state index in [1.807, 2.05) is 24.3 Å². The molecule has 0 saturated carbocycles. The van der Waals surface area contributed by atoms with Gasteiger partial charge in [-0.2, -0.15) is 0 Å². The Kier molecular flexibility index (Phi) is 6.72. The molecule has 1 aliphatic rings. The third kappa shape index (κ3) is 5.79. The van der Waals surface area contributed by atoms with Gasteiger partial charge in [0.25, 0.3) is 5.91 Å². The van der Waals surface area contributed by atoms with Gasteiger partial charge < -0.3 is 20.4 Å². The molecule has 0 unspecified atom stereocenters. The zero-order valence-electron chi connectivity index (χ0n) is 18.2. The number of anilines is 2. The minimum absolute atomic E-state index is 0.0306. The van der Waals surface area contributed by atoms with Gasteiger partial charge in [0, 0.05) is 31.7 Å². The van der Waals surface area contributed by atoms with E-state index < -0.39 is 0 Å². The van der Waals surface area contributed by atoms with Crippen molar-refractivity contribution in [2.45, 2.75) is 26.2 Å². The summed E-state index contributed by atoms with van der Waals surface area (Å²) in [4.78, 5) is 33.5. The van der Waals surface area contributed by atoms with Crippen LogP contribution in [0.25, 0.3) is 0 Å². The minimum atomic E-state index is -0.288. The van der Waals surface area contributed by atoms with Crippen LogP contribution in [0.1, 0.15) is 36.7 Å². The summed E-state index contributed by atoms with van der Waals surface area (Å²) in [6, 6.07) is 11.2. The molecule has 1 aromatic carbocycles. The molecule has 2 N–H and O–H groups in total. The number of amides is 2. The fourth-order valence-electron chi connectivity index (χ4n) is 3.27. The van der Waals surface area contributed by atoms with Crippen LogP contribution in [0.4, 0.5) is 11.5 Å². The molecule has 0 bridgehead atoms. The summed E-state index contributed by atoms with van der Waals surface area (Å²) in [7, 11) is 2.11. The van der Waals surface area contributed by atoms with Gasteiger partial charge in [-0.1, -0.05) is 32.9 Å². The number of likely N-dealkylation sites (N-methyl/N-ethyl adjacent to an activating group) is 1. The van der Waals surface area contributed by atoms with Crippen LogP contribution in [0, 0.1) is 0 Å². The first kappa shape index (κ1) is 21.8. The SMILES string of the molecule is CN1CCN(c2ccc(NC(=O)CNC(=O)c3ccc(C(C)(C)C)cc3)cn2)CC1. The van der Waals surface area contributed by atoms with Gasteiger partial charge in [-0.25, -0.2) is 4.98 Å². The van der Waals surface area contributed by atoms with Gasteiger partial charge in [0.15, 0.2) is 0 Å². The molecule has 2 amide bonds. The van der Waals surface area contributed by atoms with Crippen LogP contribution in [0.5, 0.6) is 0 Å². The van der Waals surface area contributed by atoms with Crippen LogP contribution in [0.2, 0.25) is 0 Å². The summed E-state index contributed by atoms with van der Waals surface area (Å²) in [5.41, 5.74) is 2.34. The smallest absolute Gasteiger partial charge is 0.251 e. The van der Waals surface area contributed by atoms with E-state index in [4.69, 9.17) is 0 Å². The lowest BCUT2D eigenvalue weighted by Gasteiger charge is -2.33. The molecule has 7 nitrogen and oxygen atoms in total. The van der Waals surface area contributed by atoms with E-state index in [9.17, 15) is 9.59 Å². The number of benzene rings is 1. The number of nitrogens with zero attached hydrogens (tertiary/aromatic N) is 3. The Morgan fingerprint density at radius 2 is 1.67 bits per heavy atom. The van der Waals surface area contributed by atoms with Crippen molar-refractivity contribution in [1.29, 1.82) is 0 Å². The van der Waals surface area contributed by atoms with Crippen molar-refractivity contribution in [3.8, 4) is 0 Å². The van der Waals surface area contributed by atoms with E-state index in [0.717, 1.165) is 37.6 Å². The second kappa shape index (κ2) is 9.26. The van der Waals surface area contributed by atoms with Gasteiger partial charge in [0.2, 0.25) is 5.91 Å². The quantitative estimate of drug-likeness (QED) is 0.793. The first-order chi connectivity index (χ1) is 14.2. The Morgan fingerprint density at radius 1 is 1.00 bits per heavy atom. The molecule has 1 fully saturated rings. The zero-order chi connectivity index (χ0) is 21.7. The molecule has 1 aliphatic heterocycles. The molecule has 0 aliphatic carbocycles. The second-order valence-electron chi connectivity index (χ2n) is 8.75. The fourth-order valence-corrected chi connectivity index (χ4v) is 3.27. The standard InChI is InChI=1S/C23H31N5O2/c1-23(2,3)18-7-5-17(6-8-18)22(30)25-16-21(29)26-19-9-10-20(24-15-19)28-13-11-27(4)12-14-28/h5-10,15H,11-14,16H2,1-4H3,(H,25,30)(H,26,29). The third-order valence-corrected chi connectivity index (χ3v) is 5.28. The highest BCUT2D eigenvalue weighted by atomic mass is 16.2. The molecule has 1 saturated heterocycles. The molecule has 1 aromatic heterocycles. The van der Waals surface area contributed by atoms with E-state index in [0.29, 0.717) is 11.3 Å². The number of nitrogens with one attached hydrogen (secondary N) is 2. The minimum Gasteiger partial charge on any atom is -0.354 e. The summed E-state index contributed by atoms with van der Waals surface area (Å²) in [5.74, 6) is 0.353. The molecule has 0 atom stereocenters. The van der Waals surface area contributed by atoms with Crippen LogP contribution in [-0.2, 0) is 10.2 Å². The number of aromatic nitrogens is 1. The fraction of sp³-hybridized carbons (Fsp3) is 0.435. The van der Waals surface area contributed by atoms with Crippen molar-refractivity contribution < 1.29 is 9.59 Å². The van der Waals surface area contributed by atoms with E-state index in [1.54, 1.807) is 18.3 Å². The summed E-state index contributed by atoms with van der Waals surface area (Å²) < 4.78 is 0. The molecular weight excluding hydrogens is 378 g/mol. The first-order valence-corrected chi connectivity index (χ1v) is 10.3. The highest BCUT2D eigenvalue weighted by Crippen LogP contribution is 2.22. The first-order valence-electron chi connectivity index (χ1n) is 10.3. The van der Waals surface area contributed by atoms with Crippen LogP contribution in [0.3, 0.4) is 0 Å². The lowest BCUT2D eigenvalue weighted by Crippen LogP contribution is -2.44. The van der Waals surface area contributed by atoms with Crippen molar-refractivity contribution in [1.82, 2.24) is 15.2 Å². The largest absolute Gasteiger partial charge is 0.354 e. The summed E-state index contributed by atoms with van der Waals surface area (Å²) in [6.45, 7) is 10.2. The summed E-state index contributed by atoms with van der Waals surface area (Å²) in [6.07, 6.45) is 1.65. The maximum absolute atomic E-state index is 12.3. The highest BCUT2D eigenvalue weighted by Gasteiger charge is 2.16. The molecule has 0 spiro atoms. The molecule has 30 heavy (non-hydrogen) atoms. The van der Waals surface area contributed by atoms with Crippen molar-refractivity contribution >= 4 is 23.3 Å². The molecule has 3 rings (SSSR count). The van der Waals surface area contributed by atoms with Gasteiger partial charge in [-0.05, 0) is 42.3 Å². The van der Waals surface area contributed by atoms with E-state index in [2.05, 4.69) is 53.2 Å². The van der Waals surface area contributed by atoms with Crippen molar-refractivity contribution in [2.75, 3.05) is 50.0 Å². The molecule has 0 radical (unpaired) electrons. The van der Waals surface area contributed by atoms with Crippen LogP contribution in [0.15, 0.2) is 42.6 Å². The second-order valence-corrected chi connectivity index (χ2v) is 8.75. The van der Waals surface area contributed by atoms with Crippen LogP contribution in [-0.4, -0.2) is 61.5 Å². The number of carbonyl (C=O) groups excluding carboxylic acids is 2. The number of hydrogen-bond donors (Lipinski definition) is 2. The van der Waals surface area contributed by atoms with Crippen LogP contribution < -0.4 is 15.5 Å². The lowest BCUT2D eigenvalue weighted by molar-refractivity contribution is -0.115. The number of hydrogen-bond acceptors (Lipinski definition) is 5. The predicted molar refractivity (Wildman–Crippen MR) is 120 cm³/mol. The highest BCUT2D eigenvalue weighted by molar-refractivity contribution is 5.99. The van der Waals surface area contributed by atoms with E-state index in [-0.39, 0.29) is 23.8 Å².